The van der Waals surface area contributed by atoms with Crippen LogP contribution in [0.15, 0.2) is 0 Å². The number of aliphatic hydroxyl groups excluding tert-OH is 1. The number of aliphatic hydroxyl groups is 1. The van der Waals surface area contributed by atoms with Gasteiger partial charge in [-0.25, -0.2) is 4.79 Å². The summed E-state index contributed by atoms with van der Waals surface area (Å²) in [7, 11) is 0. The molecule has 3 heteroatoms. The van der Waals surface area contributed by atoms with Crippen LogP contribution in [0.2, 0.25) is 0 Å². The molecule has 0 aromatic rings. The summed E-state index contributed by atoms with van der Waals surface area (Å²) < 4.78 is 4.85. The number of rotatable bonds is 7. The van der Waals surface area contributed by atoms with Crippen molar-refractivity contribution >= 4 is 5.97 Å². The SMILES string of the molecule is CCCCOC(=O)[C@H](O)CCCC. The monoisotopic (exact) mass is 188 g/mol. The van der Waals surface area contributed by atoms with Gasteiger partial charge in [0.25, 0.3) is 0 Å². The number of carbonyl (C=O) groups excluding carboxylic acids is 1. The van der Waals surface area contributed by atoms with Gasteiger partial charge in [0, 0.05) is 0 Å². The second kappa shape index (κ2) is 8.05. The van der Waals surface area contributed by atoms with Crippen molar-refractivity contribution in [2.75, 3.05) is 6.61 Å². The fourth-order valence-electron chi connectivity index (χ4n) is 0.929. The van der Waals surface area contributed by atoms with Crippen LogP contribution in [0.1, 0.15) is 46.0 Å². The van der Waals surface area contributed by atoms with Crippen molar-refractivity contribution in [2.24, 2.45) is 0 Å². The number of hydrogen-bond acceptors (Lipinski definition) is 3. The van der Waals surface area contributed by atoms with E-state index in [0.717, 1.165) is 25.7 Å². The molecule has 13 heavy (non-hydrogen) atoms. The van der Waals surface area contributed by atoms with E-state index in [4.69, 9.17) is 4.74 Å². The third-order valence-corrected chi connectivity index (χ3v) is 1.85. The van der Waals surface area contributed by atoms with E-state index in [1.54, 1.807) is 0 Å². The molecule has 1 N–H and O–H groups in total. The zero-order valence-electron chi connectivity index (χ0n) is 8.58. The van der Waals surface area contributed by atoms with Crippen LogP contribution in [0, 0.1) is 0 Å². The van der Waals surface area contributed by atoms with E-state index in [1.807, 2.05) is 13.8 Å². The van der Waals surface area contributed by atoms with Gasteiger partial charge in [-0.05, 0) is 12.8 Å². The molecular formula is C10H20O3. The Hall–Kier alpha value is -0.570. The zero-order valence-corrected chi connectivity index (χ0v) is 8.58. The molecule has 1 atom stereocenters. The molecule has 0 aliphatic rings. The molecule has 0 aromatic heterocycles. The van der Waals surface area contributed by atoms with E-state index in [0.29, 0.717) is 13.0 Å². The van der Waals surface area contributed by atoms with Gasteiger partial charge in [0.2, 0.25) is 0 Å². The Balaban J connectivity index is 3.45. The lowest BCUT2D eigenvalue weighted by atomic mass is 10.2. The Morgan fingerprint density at radius 1 is 1.31 bits per heavy atom. The fraction of sp³-hybridized carbons (Fsp3) is 0.900. The Morgan fingerprint density at radius 3 is 2.46 bits per heavy atom. The molecule has 0 radical (unpaired) electrons. The molecule has 0 aromatic carbocycles. The quantitative estimate of drug-likeness (QED) is 0.490. The second-order valence-corrected chi connectivity index (χ2v) is 3.18. The number of esters is 1. The summed E-state index contributed by atoms with van der Waals surface area (Å²) >= 11 is 0. The molecule has 0 unspecified atom stereocenters. The predicted molar refractivity (Wildman–Crippen MR) is 51.4 cm³/mol. The molecule has 78 valence electrons. The number of carbonyl (C=O) groups is 1. The lowest BCUT2D eigenvalue weighted by Crippen LogP contribution is -2.23. The normalized spacial score (nSPS) is 12.5. The van der Waals surface area contributed by atoms with Crippen LogP contribution < -0.4 is 0 Å². The predicted octanol–water partition coefficient (Wildman–Crippen LogP) is 1.88. The molecule has 3 nitrogen and oxygen atoms in total. The Morgan fingerprint density at radius 2 is 1.92 bits per heavy atom. The minimum absolute atomic E-state index is 0.429. The van der Waals surface area contributed by atoms with Gasteiger partial charge < -0.3 is 9.84 Å². The van der Waals surface area contributed by atoms with E-state index in [9.17, 15) is 9.90 Å². The summed E-state index contributed by atoms with van der Waals surface area (Å²) in [5, 5.41) is 9.27. The van der Waals surface area contributed by atoms with Gasteiger partial charge in [0.15, 0.2) is 6.10 Å². The van der Waals surface area contributed by atoms with Gasteiger partial charge in [0.1, 0.15) is 0 Å². The Kier molecular flexibility index (Phi) is 7.69. The van der Waals surface area contributed by atoms with Crippen molar-refractivity contribution < 1.29 is 14.6 Å². The molecule has 0 bridgehead atoms. The van der Waals surface area contributed by atoms with Crippen LogP contribution in [0.5, 0.6) is 0 Å². The van der Waals surface area contributed by atoms with Crippen molar-refractivity contribution in [3.8, 4) is 0 Å². The first-order valence-corrected chi connectivity index (χ1v) is 5.07. The van der Waals surface area contributed by atoms with Crippen LogP contribution in [-0.4, -0.2) is 23.8 Å². The number of unbranched alkanes of at least 4 members (excludes halogenated alkanes) is 2. The van der Waals surface area contributed by atoms with Crippen LogP contribution >= 0.6 is 0 Å². The van der Waals surface area contributed by atoms with Crippen LogP contribution in [0.3, 0.4) is 0 Å². The minimum atomic E-state index is -0.920. The van der Waals surface area contributed by atoms with E-state index >= 15 is 0 Å². The molecule has 0 spiro atoms. The minimum Gasteiger partial charge on any atom is -0.464 e. The van der Waals surface area contributed by atoms with Gasteiger partial charge in [0.05, 0.1) is 6.61 Å². The number of ether oxygens (including phenoxy) is 1. The standard InChI is InChI=1S/C10H20O3/c1-3-5-7-9(11)10(12)13-8-6-4-2/h9,11H,3-8H2,1-2H3/t9-/m1/s1. The largest absolute Gasteiger partial charge is 0.464 e. The maximum atomic E-state index is 11.1. The molecule has 0 saturated heterocycles. The topological polar surface area (TPSA) is 46.5 Å². The average Bonchev–Trinajstić information content (AvgIpc) is 2.14. The summed E-state index contributed by atoms with van der Waals surface area (Å²) in [6, 6.07) is 0. The highest BCUT2D eigenvalue weighted by Gasteiger charge is 2.14. The van der Waals surface area contributed by atoms with Crippen LogP contribution in [-0.2, 0) is 9.53 Å². The van der Waals surface area contributed by atoms with Crippen molar-refractivity contribution in [3.63, 3.8) is 0 Å². The highest BCUT2D eigenvalue weighted by atomic mass is 16.5. The van der Waals surface area contributed by atoms with Gasteiger partial charge in [-0.3, -0.25) is 0 Å². The summed E-state index contributed by atoms with van der Waals surface area (Å²) in [5.74, 6) is -0.470. The Labute approximate surface area is 80.1 Å². The number of hydrogen-bond donors (Lipinski definition) is 1. The van der Waals surface area contributed by atoms with E-state index in [1.165, 1.54) is 0 Å². The highest BCUT2D eigenvalue weighted by molar-refractivity contribution is 5.74. The maximum Gasteiger partial charge on any atom is 0.334 e. The van der Waals surface area contributed by atoms with Crippen molar-refractivity contribution in [2.45, 2.75) is 52.1 Å². The van der Waals surface area contributed by atoms with Crippen LogP contribution in [0.25, 0.3) is 0 Å². The van der Waals surface area contributed by atoms with Crippen LogP contribution in [0.4, 0.5) is 0 Å². The molecule has 0 amide bonds. The average molecular weight is 188 g/mol. The molecule has 0 heterocycles. The first-order chi connectivity index (χ1) is 6.22. The second-order valence-electron chi connectivity index (χ2n) is 3.18. The first-order valence-electron chi connectivity index (χ1n) is 5.07. The van der Waals surface area contributed by atoms with E-state index in [-0.39, 0.29) is 0 Å². The maximum absolute atomic E-state index is 11.1. The highest BCUT2D eigenvalue weighted by Crippen LogP contribution is 2.02. The van der Waals surface area contributed by atoms with Gasteiger partial charge in [-0.2, -0.15) is 0 Å². The Bertz CT molecular complexity index is 134. The van der Waals surface area contributed by atoms with Crippen molar-refractivity contribution in [3.05, 3.63) is 0 Å². The lowest BCUT2D eigenvalue weighted by Gasteiger charge is -2.09. The zero-order chi connectivity index (χ0) is 10.1. The molecule has 0 aliphatic carbocycles. The summed E-state index contributed by atoms with van der Waals surface area (Å²) in [6.45, 7) is 4.48. The third kappa shape index (κ3) is 6.58. The van der Waals surface area contributed by atoms with Crippen molar-refractivity contribution in [1.29, 1.82) is 0 Å². The van der Waals surface area contributed by atoms with E-state index in [2.05, 4.69) is 0 Å². The molecule has 0 saturated carbocycles. The fourth-order valence-corrected chi connectivity index (χ4v) is 0.929. The van der Waals surface area contributed by atoms with Gasteiger partial charge >= 0.3 is 5.97 Å². The van der Waals surface area contributed by atoms with E-state index < -0.39 is 12.1 Å². The lowest BCUT2D eigenvalue weighted by molar-refractivity contribution is -0.154. The molecule has 0 fully saturated rings. The molecular weight excluding hydrogens is 168 g/mol. The van der Waals surface area contributed by atoms with Gasteiger partial charge in [-0.1, -0.05) is 33.1 Å². The summed E-state index contributed by atoms with van der Waals surface area (Å²) in [6.07, 6.45) is 3.31. The summed E-state index contributed by atoms with van der Waals surface area (Å²) in [4.78, 5) is 11.1. The smallest absolute Gasteiger partial charge is 0.334 e. The summed E-state index contributed by atoms with van der Waals surface area (Å²) in [5.41, 5.74) is 0. The van der Waals surface area contributed by atoms with Crippen molar-refractivity contribution in [1.82, 2.24) is 0 Å². The molecule has 0 rings (SSSR count). The third-order valence-electron chi connectivity index (χ3n) is 1.85. The first kappa shape index (κ1) is 12.4. The van der Waals surface area contributed by atoms with Gasteiger partial charge in [-0.15, -0.1) is 0 Å². The molecule has 0 aliphatic heterocycles.